The van der Waals surface area contributed by atoms with Gasteiger partial charge < -0.3 is 15.8 Å². The zero-order chi connectivity index (χ0) is 14.4. The molecule has 0 spiro atoms. The summed E-state index contributed by atoms with van der Waals surface area (Å²) in [5, 5.41) is 3.46. The highest BCUT2D eigenvalue weighted by atomic mass is 32.2. The largest absolute Gasteiger partial charge is 0.465 e. The van der Waals surface area contributed by atoms with E-state index in [1.165, 1.54) is 13.2 Å². The van der Waals surface area contributed by atoms with Crippen molar-refractivity contribution in [1.82, 2.24) is 0 Å². The average molecular weight is 286 g/mol. The SMILES string of the molecule is COC(=O)c1cc(NCCC(C)SC)c(F)cc1N. The zero-order valence-electron chi connectivity index (χ0n) is 11.3. The van der Waals surface area contributed by atoms with Gasteiger partial charge in [-0.2, -0.15) is 11.8 Å². The van der Waals surface area contributed by atoms with Crippen LogP contribution in [0.15, 0.2) is 12.1 Å². The highest BCUT2D eigenvalue weighted by molar-refractivity contribution is 7.99. The van der Waals surface area contributed by atoms with Crippen LogP contribution in [0.1, 0.15) is 23.7 Å². The van der Waals surface area contributed by atoms with Crippen molar-refractivity contribution in [2.75, 3.05) is 31.0 Å². The average Bonchev–Trinajstić information content (AvgIpc) is 2.40. The quantitative estimate of drug-likeness (QED) is 0.622. The molecule has 0 aliphatic heterocycles. The van der Waals surface area contributed by atoms with Crippen LogP contribution in [0.3, 0.4) is 0 Å². The van der Waals surface area contributed by atoms with Crippen LogP contribution in [-0.4, -0.2) is 31.1 Å². The third-order valence-electron chi connectivity index (χ3n) is 2.81. The number of ether oxygens (including phenoxy) is 1. The molecular weight excluding hydrogens is 267 g/mol. The molecule has 6 heteroatoms. The maximum Gasteiger partial charge on any atom is 0.340 e. The Bertz CT molecular complexity index is 455. The van der Waals surface area contributed by atoms with Gasteiger partial charge in [0, 0.05) is 17.5 Å². The van der Waals surface area contributed by atoms with E-state index in [0.29, 0.717) is 11.8 Å². The van der Waals surface area contributed by atoms with Crippen LogP contribution < -0.4 is 11.1 Å². The Morgan fingerprint density at radius 2 is 2.26 bits per heavy atom. The number of halogens is 1. The van der Waals surface area contributed by atoms with Crippen LogP contribution in [0, 0.1) is 5.82 Å². The maximum atomic E-state index is 13.7. The smallest absolute Gasteiger partial charge is 0.340 e. The molecule has 3 N–H and O–H groups in total. The lowest BCUT2D eigenvalue weighted by molar-refractivity contribution is 0.0602. The third-order valence-corrected chi connectivity index (χ3v) is 3.85. The Labute approximate surface area is 116 Å². The summed E-state index contributed by atoms with van der Waals surface area (Å²) < 4.78 is 18.3. The second-order valence-corrected chi connectivity index (χ2v) is 5.45. The molecule has 0 bridgehead atoms. The molecule has 1 aromatic rings. The van der Waals surface area contributed by atoms with E-state index in [1.807, 2.05) is 6.26 Å². The standard InChI is InChI=1S/C13H19FN2O2S/c1-8(19-3)4-5-16-12-6-9(13(17)18-2)11(15)7-10(12)14/h6-8,16H,4-5,15H2,1-3H3. The van der Waals surface area contributed by atoms with Gasteiger partial charge in [0.2, 0.25) is 0 Å². The molecule has 0 aliphatic rings. The van der Waals surface area contributed by atoms with Crippen molar-refractivity contribution in [3.63, 3.8) is 0 Å². The van der Waals surface area contributed by atoms with Crippen molar-refractivity contribution in [2.45, 2.75) is 18.6 Å². The summed E-state index contributed by atoms with van der Waals surface area (Å²) in [6.07, 6.45) is 2.93. The molecule has 0 aromatic heterocycles. The van der Waals surface area contributed by atoms with Gasteiger partial charge >= 0.3 is 5.97 Å². The van der Waals surface area contributed by atoms with Gasteiger partial charge in [0.05, 0.1) is 18.4 Å². The number of thioether (sulfide) groups is 1. The van der Waals surface area contributed by atoms with Crippen LogP contribution in [0.25, 0.3) is 0 Å². The third kappa shape index (κ3) is 4.31. The molecule has 0 saturated carbocycles. The molecule has 106 valence electrons. The molecule has 4 nitrogen and oxygen atoms in total. The summed E-state index contributed by atoms with van der Waals surface area (Å²) in [6, 6.07) is 2.52. The van der Waals surface area contributed by atoms with E-state index in [4.69, 9.17) is 5.73 Å². The number of carbonyl (C=O) groups is 1. The summed E-state index contributed by atoms with van der Waals surface area (Å²) in [6.45, 7) is 2.73. The Morgan fingerprint density at radius 3 is 2.84 bits per heavy atom. The van der Waals surface area contributed by atoms with Crippen LogP contribution in [-0.2, 0) is 4.74 Å². The number of nitrogen functional groups attached to an aromatic ring is 1. The Hall–Kier alpha value is -1.43. The molecule has 1 atom stereocenters. The first-order valence-corrected chi connectivity index (χ1v) is 7.22. The number of rotatable bonds is 6. The molecular formula is C13H19FN2O2S. The lowest BCUT2D eigenvalue weighted by Gasteiger charge is -2.13. The Balaban J connectivity index is 2.80. The summed E-state index contributed by atoms with van der Waals surface area (Å²) in [7, 11) is 1.26. The summed E-state index contributed by atoms with van der Waals surface area (Å²) in [5.74, 6) is -1.04. The predicted molar refractivity (Wildman–Crippen MR) is 78.2 cm³/mol. The molecule has 0 amide bonds. The Kier molecular flexibility index (Phi) is 5.95. The predicted octanol–water partition coefficient (Wildman–Crippen LogP) is 2.75. The Morgan fingerprint density at radius 1 is 1.58 bits per heavy atom. The van der Waals surface area contributed by atoms with E-state index < -0.39 is 11.8 Å². The van der Waals surface area contributed by atoms with E-state index in [9.17, 15) is 9.18 Å². The molecule has 0 fully saturated rings. The minimum Gasteiger partial charge on any atom is -0.465 e. The number of methoxy groups -OCH3 is 1. The summed E-state index contributed by atoms with van der Waals surface area (Å²) in [4.78, 5) is 11.5. The fraction of sp³-hybridized carbons (Fsp3) is 0.462. The lowest BCUT2D eigenvalue weighted by atomic mass is 10.1. The summed E-state index contributed by atoms with van der Waals surface area (Å²) >= 11 is 1.75. The first kappa shape index (κ1) is 15.6. The number of nitrogens with two attached hydrogens (primary N) is 1. The van der Waals surface area contributed by atoms with Crippen molar-refractivity contribution in [2.24, 2.45) is 0 Å². The molecule has 0 radical (unpaired) electrons. The summed E-state index contributed by atoms with van der Waals surface area (Å²) in [5.41, 5.74) is 6.11. The van der Waals surface area contributed by atoms with Crippen LogP contribution in [0.4, 0.5) is 15.8 Å². The second kappa shape index (κ2) is 7.23. The minimum atomic E-state index is -0.571. The fourth-order valence-electron chi connectivity index (χ4n) is 1.54. The monoisotopic (exact) mass is 286 g/mol. The number of benzene rings is 1. The first-order valence-electron chi connectivity index (χ1n) is 5.93. The number of hydrogen-bond donors (Lipinski definition) is 2. The van der Waals surface area contributed by atoms with Crippen molar-refractivity contribution >= 4 is 29.1 Å². The van der Waals surface area contributed by atoms with Crippen molar-refractivity contribution in [3.8, 4) is 0 Å². The number of hydrogen-bond acceptors (Lipinski definition) is 5. The van der Waals surface area contributed by atoms with Gasteiger partial charge in [-0.3, -0.25) is 0 Å². The fourth-order valence-corrected chi connectivity index (χ4v) is 1.89. The van der Waals surface area contributed by atoms with Crippen LogP contribution >= 0.6 is 11.8 Å². The molecule has 0 saturated heterocycles. The van der Waals surface area contributed by atoms with Crippen LogP contribution in [0.2, 0.25) is 0 Å². The van der Waals surface area contributed by atoms with Gasteiger partial charge in [-0.15, -0.1) is 0 Å². The van der Waals surface area contributed by atoms with E-state index >= 15 is 0 Å². The molecule has 0 heterocycles. The minimum absolute atomic E-state index is 0.0763. The highest BCUT2D eigenvalue weighted by Crippen LogP contribution is 2.23. The number of carbonyl (C=O) groups excluding carboxylic acids is 1. The van der Waals surface area contributed by atoms with Gasteiger partial charge in [0.15, 0.2) is 0 Å². The first-order chi connectivity index (χ1) is 8.99. The second-order valence-electron chi connectivity index (χ2n) is 4.17. The number of anilines is 2. The van der Waals surface area contributed by atoms with E-state index in [-0.39, 0.29) is 16.9 Å². The van der Waals surface area contributed by atoms with Gasteiger partial charge in [-0.25, -0.2) is 9.18 Å². The van der Waals surface area contributed by atoms with Crippen molar-refractivity contribution < 1.29 is 13.9 Å². The van der Waals surface area contributed by atoms with Crippen molar-refractivity contribution in [3.05, 3.63) is 23.5 Å². The normalized spacial score (nSPS) is 12.0. The lowest BCUT2D eigenvalue weighted by Crippen LogP contribution is -2.11. The van der Waals surface area contributed by atoms with E-state index in [0.717, 1.165) is 12.5 Å². The molecule has 0 aliphatic carbocycles. The van der Waals surface area contributed by atoms with Crippen molar-refractivity contribution in [1.29, 1.82) is 0 Å². The molecule has 19 heavy (non-hydrogen) atoms. The van der Waals surface area contributed by atoms with E-state index in [1.54, 1.807) is 11.8 Å². The molecule has 1 unspecified atom stereocenters. The molecule has 1 aromatic carbocycles. The van der Waals surface area contributed by atoms with Crippen LogP contribution in [0.5, 0.6) is 0 Å². The van der Waals surface area contributed by atoms with Gasteiger partial charge in [-0.1, -0.05) is 6.92 Å². The highest BCUT2D eigenvalue weighted by Gasteiger charge is 2.14. The number of nitrogens with one attached hydrogen (secondary N) is 1. The van der Waals surface area contributed by atoms with Gasteiger partial charge in [-0.05, 0) is 24.8 Å². The zero-order valence-corrected chi connectivity index (χ0v) is 12.1. The topological polar surface area (TPSA) is 64.3 Å². The van der Waals surface area contributed by atoms with Gasteiger partial charge in [0.25, 0.3) is 0 Å². The van der Waals surface area contributed by atoms with E-state index in [2.05, 4.69) is 17.0 Å². The number of esters is 1. The maximum absolute atomic E-state index is 13.7. The van der Waals surface area contributed by atoms with Gasteiger partial charge in [0.1, 0.15) is 5.82 Å². The molecule has 1 rings (SSSR count).